The van der Waals surface area contributed by atoms with Gasteiger partial charge in [-0.2, -0.15) is 0 Å². The number of esters is 1. The fourth-order valence-corrected chi connectivity index (χ4v) is 1.21. The van der Waals surface area contributed by atoms with E-state index in [9.17, 15) is 9.18 Å². The molecule has 0 aromatic carbocycles. The Kier molecular flexibility index (Phi) is 2.44. The summed E-state index contributed by atoms with van der Waals surface area (Å²) in [6, 6.07) is 0. The van der Waals surface area contributed by atoms with Crippen LogP contribution in [0.4, 0.5) is 4.39 Å². The molecule has 3 nitrogen and oxygen atoms in total. The van der Waals surface area contributed by atoms with Gasteiger partial charge >= 0.3 is 5.97 Å². The molecule has 0 saturated carbocycles. The van der Waals surface area contributed by atoms with E-state index in [-0.39, 0.29) is 12.8 Å². The number of hydrogen-bond acceptors (Lipinski definition) is 3. The SMILES string of the molecule is COC(=O)C1(F)CCNCC1. The van der Waals surface area contributed by atoms with Gasteiger partial charge in [0.15, 0.2) is 0 Å². The number of rotatable bonds is 1. The van der Waals surface area contributed by atoms with Crippen molar-refractivity contribution in [3.05, 3.63) is 0 Å². The first-order valence-electron chi connectivity index (χ1n) is 3.67. The van der Waals surface area contributed by atoms with Gasteiger partial charge in [0.05, 0.1) is 7.11 Å². The maximum Gasteiger partial charge on any atom is 0.343 e. The van der Waals surface area contributed by atoms with Crippen molar-refractivity contribution >= 4 is 5.97 Å². The van der Waals surface area contributed by atoms with Crippen molar-refractivity contribution in [3.63, 3.8) is 0 Å². The van der Waals surface area contributed by atoms with Crippen LogP contribution in [0.15, 0.2) is 0 Å². The Labute approximate surface area is 64.9 Å². The molecule has 0 aromatic rings. The maximum absolute atomic E-state index is 13.5. The van der Waals surface area contributed by atoms with Gasteiger partial charge in [-0.1, -0.05) is 0 Å². The lowest BCUT2D eigenvalue weighted by molar-refractivity contribution is -0.156. The summed E-state index contributed by atoms with van der Waals surface area (Å²) < 4.78 is 17.8. The zero-order chi connectivity index (χ0) is 8.32. The molecule has 4 heteroatoms. The third kappa shape index (κ3) is 1.68. The summed E-state index contributed by atoms with van der Waals surface area (Å²) >= 11 is 0. The van der Waals surface area contributed by atoms with Crippen molar-refractivity contribution in [2.24, 2.45) is 0 Å². The van der Waals surface area contributed by atoms with Crippen molar-refractivity contribution in [2.75, 3.05) is 20.2 Å². The molecule has 1 saturated heterocycles. The molecule has 0 aromatic heterocycles. The lowest BCUT2D eigenvalue weighted by atomic mass is 9.95. The average molecular weight is 161 g/mol. The van der Waals surface area contributed by atoms with Gasteiger partial charge in [-0.3, -0.25) is 0 Å². The molecule has 1 aliphatic rings. The number of methoxy groups -OCH3 is 1. The number of halogens is 1. The van der Waals surface area contributed by atoms with Gasteiger partial charge in [0.2, 0.25) is 5.67 Å². The first-order chi connectivity index (χ1) is 5.19. The number of alkyl halides is 1. The van der Waals surface area contributed by atoms with Crippen LogP contribution in [0.5, 0.6) is 0 Å². The number of carbonyl (C=O) groups is 1. The first-order valence-corrected chi connectivity index (χ1v) is 3.67. The number of ether oxygens (including phenoxy) is 1. The normalized spacial score (nSPS) is 22.7. The molecular formula is C7H12FNO2. The number of piperidine rings is 1. The van der Waals surface area contributed by atoms with E-state index >= 15 is 0 Å². The molecule has 0 aliphatic carbocycles. The van der Waals surface area contributed by atoms with Crippen LogP contribution in [0.3, 0.4) is 0 Å². The monoisotopic (exact) mass is 161 g/mol. The van der Waals surface area contributed by atoms with Crippen molar-refractivity contribution in [3.8, 4) is 0 Å². The molecule has 0 radical (unpaired) electrons. The van der Waals surface area contributed by atoms with Crippen LogP contribution in [0, 0.1) is 0 Å². The Morgan fingerprint density at radius 2 is 2.09 bits per heavy atom. The summed E-state index contributed by atoms with van der Waals surface area (Å²) in [5, 5.41) is 2.97. The van der Waals surface area contributed by atoms with E-state index in [0.29, 0.717) is 13.1 Å². The molecule has 0 amide bonds. The van der Waals surface area contributed by atoms with E-state index in [4.69, 9.17) is 0 Å². The third-order valence-electron chi connectivity index (χ3n) is 1.95. The lowest BCUT2D eigenvalue weighted by Gasteiger charge is -2.26. The molecule has 0 unspecified atom stereocenters. The Hall–Kier alpha value is -0.640. The molecule has 64 valence electrons. The van der Waals surface area contributed by atoms with Gasteiger partial charge in [-0.15, -0.1) is 0 Å². The number of hydrogen-bond donors (Lipinski definition) is 1. The summed E-state index contributed by atoms with van der Waals surface area (Å²) in [5.41, 5.74) is -1.74. The van der Waals surface area contributed by atoms with E-state index in [1.807, 2.05) is 0 Å². The molecule has 1 rings (SSSR count). The number of carbonyl (C=O) groups excluding carboxylic acids is 1. The second kappa shape index (κ2) is 3.17. The predicted octanol–water partition coefficient (Wildman–Crippen LogP) is 0.251. The van der Waals surface area contributed by atoms with Gasteiger partial charge in [0.1, 0.15) is 0 Å². The second-order valence-corrected chi connectivity index (χ2v) is 2.71. The van der Waals surface area contributed by atoms with E-state index in [0.717, 1.165) is 0 Å². The topological polar surface area (TPSA) is 38.3 Å². The molecule has 1 heterocycles. The van der Waals surface area contributed by atoms with Gasteiger partial charge < -0.3 is 10.1 Å². The van der Waals surface area contributed by atoms with Crippen molar-refractivity contribution in [1.82, 2.24) is 5.32 Å². The average Bonchev–Trinajstić information content (AvgIpc) is 2.04. The smallest absolute Gasteiger partial charge is 0.343 e. The van der Waals surface area contributed by atoms with Crippen LogP contribution in [-0.2, 0) is 9.53 Å². The molecule has 1 N–H and O–H groups in total. The standard InChI is InChI=1S/C7H12FNO2/c1-11-6(10)7(8)2-4-9-5-3-7/h9H,2-5H2,1H3. The Bertz CT molecular complexity index is 155. The molecule has 1 fully saturated rings. The lowest BCUT2D eigenvalue weighted by Crippen LogP contribution is -2.45. The van der Waals surface area contributed by atoms with E-state index in [2.05, 4.69) is 10.1 Å². The highest BCUT2D eigenvalue weighted by atomic mass is 19.1. The van der Waals surface area contributed by atoms with Gasteiger partial charge in [0.25, 0.3) is 0 Å². The summed E-state index contributed by atoms with van der Waals surface area (Å²) in [6.45, 7) is 1.09. The fraction of sp³-hybridized carbons (Fsp3) is 0.857. The molecule has 1 aliphatic heterocycles. The minimum Gasteiger partial charge on any atom is -0.467 e. The van der Waals surface area contributed by atoms with Crippen LogP contribution in [0.1, 0.15) is 12.8 Å². The van der Waals surface area contributed by atoms with E-state index in [1.54, 1.807) is 0 Å². The summed E-state index contributed by atoms with van der Waals surface area (Å²) in [7, 11) is 1.21. The van der Waals surface area contributed by atoms with Crippen LogP contribution >= 0.6 is 0 Å². The predicted molar refractivity (Wildman–Crippen MR) is 38.0 cm³/mol. The molecule has 11 heavy (non-hydrogen) atoms. The summed E-state index contributed by atoms with van der Waals surface area (Å²) in [6.07, 6.45) is 0.444. The quantitative estimate of drug-likeness (QED) is 0.560. The van der Waals surface area contributed by atoms with Crippen LogP contribution < -0.4 is 5.32 Å². The zero-order valence-electron chi connectivity index (χ0n) is 6.52. The van der Waals surface area contributed by atoms with Crippen molar-refractivity contribution in [2.45, 2.75) is 18.5 Å². The van der Waals surface area contributed by atoms with Crippen LogP contribution in [-0.4, -0.2) is 31.8 Å². The summed E-state index contributed by atoms with van der Waals surface area (Å²) in [5.74, 6) is -0.737. The fourth-order valence-electron chi connectivity index (χ4n) is 1.21. The maximum atomic E-state index is 13.5. The first kappa shape index (κ1) is 8.46. The highest BCUT2D eigenvalue weighted by molar-refractivity contribution is 5.79. The van der Waals surface area contributed by atoms with E-state index < -0.39 is 11.6 Å². The highest BCUT2D eigenvalue weighted by Gasteiger charge is 2.40. The number of nitrogens with one attached hydrogen (secondary N) is 1. The van der Waals surface area contributed by atoms with Gasteiger partial charge in [-0.25, -0.2) is 9.18 Å². The molecule has 0 spiro atoms. The minimum atomic E-state index is -1.74. The van der Waals surface area contributed by atoms with Crippen molar-refractivity contribution < 1.29 is 13.9 Å². The Morgan fingerprint density at radius 1 is 1.55 bits per heavy atom. The summed E-state index contributed by atoms with van der Waals surface area (Å²) in [4.78, 5) is 10.9. The third-order valence-corrected chi connectivity index (χ3v) is 1.95. The largest absolute Gasteiger partial charge is 0.467 e. The molecular weight excluding hydrogens is 149 g/mol. The second-order valence-electron chi connectivity index (χ2n) is 2.71. The van der Waals surface area contributed by atoms with Crippen LogP contribution in [0.2, 0.25) is 0 Å². The molecule has 0 bridgehead atoms. The highest BCUT2D eigenvalue weighted by Crippen LogP contribution is 2.24. The zero-order valence-corrected chi connectivity index (χ0v) is 6.52. The Morgan fingerprint density at radius 3 is 2.55 bits per heavy atom. The van der Waals surface area contributed by atoms with Gasteiger partial charge in [-0.05, 0) is 13.1 Å². The van der Waals surface area contributed by atoms with E-state index in [1.165, 1.54) is 7.11 Å². The minimum absolute atomic E-state index is 0.222. The van der Waals surface area contributed by atoms with Gasteiger partial charge in [0, 0.05) is 12.8 Å². The van der Waals surface area contributed by atoms with Crippen LogP contribution in [0.25, 0.3) is 0 Å². The van der Waals surface area contributed by atoms with Crippen molar-refractivity contribution in [1.29, 1.82) is 0 Å². The molecule has 0 atom stereocenters. The Balaban J connectivity index is 2.56.